The first-order chi connectivity index (χ1) is 7.15. The van der Waals surface area contributed by atoms with Gasteiger partial charge in [0.05, 0.1) is 0 Å². The van der Waals surface area contributed by atoms with E-state index >= 15 is 0 Å². The summed E-state index contributed by atoms with van der Waals surface area (Å²) in [4.78, 5) is 19.5. The van der Waals surface area contributed by atoms with Crippen LogP contribution in [0.15, 0.2) is 6.20 Å². The molecule has 0 unspecified atom stereocenters. The Morgan fingerprint density at radius 1 is 1.60 bits per heavy atom. The highest BCUT2D eigenvalue weighted by molar-refractivity contribution is 5.73. The van der Waals surface area contributed by atoms with Crippen molar-refractivity contribution >= 4 is 5.91 Å². The van der Waals surface area contributed by atoms with Gasteiger partial charge in [0.1, 0.15) is 5.82 Å². The van der Waals surface area contributed by atoms with Crippen molar-refractivity contribution < 1.29 is 4.79 Å². The molecule has 0 saturated heterocycles. The minimum absolute atomic E-state index is 0.0384. The monoisotopic (exact) mass is 205 g/mol. The van der Waals surface area contributed by atoms with Gasteiger partial charge >= 0.3 is 0 Å². The molecule has 4 nitrogen and oxygen atoms in total. The van der Waals surface area contributed by atoms with E-state index in [0.717, 1.165) is 30.8 Å². The van der Waals surface area contributed by atoms with Crippen LogP contribution in [0.1, 0.15) is 30.4 Å². The lowest BCUT2D eigenvalue weighted by Crippen LogP contribution is -2.37. The summed E-state index contributed by atoms with van der Waals surface area (Å²) in [6, 6.07) is 0.251. The Morgan fingerprint density at radius 2 is 2.40 bits per heavy atom. The van der Waals surface area contributed by atoms with Gasteiger partial charge in [-0.15, -0.1) is 0 Å². The van der Waals surface area contributed by atoms with Gasteiger partial charge < -0.3 is 5.32 Å². The predicted octanol–water partition coefficient (Wildman–Crippen LogP) is 0.778. The highest BCUT2D eigenvalue weighted by atomic mass is 16.1. The van der Waals surface area contributed by atoms with E-state index in [9.17, 15) is 4.79 Å². The number of fused-ring (bicyclic) bond motifs is 1. The highest BCUT2D eigenvalue weighted by Gasteiger charge is 2.20. The summed E-state index contributed by atoms with van der Waals surface area (Å²) in [5, 5.41) is 2.94. The molecule has 1 amide bonds. The van der Waals surface area contributed by atoms with Crippen molar-refractivity contribution in [3.8, 4) is 0 Å². The summed E-state index contributed by atoms with van der Waals surface area (Å²) >= 11 is 0. The third-order valence-corrected chi connectivity index (χ3v) is 2.68. The molecule has 2 rings (SSSR count). The van der Waals surface area contributed by atoms with Crippen LogP contribution in [0.3, 0.4) is 0 Å². The Kier molecular flexibility index (Phi) is 2.66. The van der Waals surface area contributed by atoms with E-state index in [0.29, 0.717) is 0 Å². The van der Waals surface area contributed by atoms with Gasteiger partial charge in [0, 0.05) is 24.9 Å². The summed E-state index contributed by atoms with van der Waals surface area (Å²) < 4.78 is 0. The molecule has 0 bridgehead atoms. The molecule has 1 aromatic heterocycles. The van der Waals surface area contributed by atoms with Crippen LogP contribution in [0, 0.1) is 6.92 Å². The lowest BCUT2D eigenvalue weighted by atomic mass is 9.93. The number of aromatic nitrogens is 2. The van der Waals surface area contributed by atoms with Crippen molar-refractivity contribution in [2.75, 3.05) is 0 Å². The zero-order chi connectivity index (χ0) is 10.8. The van der Waals surface area contributed by atoms with Crippen LogP contribution in [-0.4, -0.2) is 21.9 Å². The van der Waals surface area contributed by atoms with Crippen molar-refractivity contribution in [3.63, 3.8) is 0 Å². The topological polar surface area (TPSA) is 54.9 Å². The first-order valence-corrected chi connectivity index (χ1v) is 5.23. The smallest absolute Gasteiger partial charge is 0.217 e. The summed E-state index contributed by atoms with van der Waals surface area (Å²) in [5.41, 5.74) is 2.31. The Morgan fingerprint density at radius 3 is 3.13 bits per heavy atom. The van der Waals surface area contributed by atoms with Crippen LogP contribution in [0.2, 0.25) is 0 Å². The fraction of sp³-hybridized carbons (Fsp3) is 0.545. The molecule has 0 aromatic carbocycles. The van der Waals surface area contributed by atoms with E-state index in [1.807, 2.05) is 13.1 Å². The molecular formula is C11H15N3O. The number of carbonyl (C=O) groups excluding carboxylic acids is 1. The lowest BCUT2D eigenvalue weighted by Gasteiger charge is -2.24. The maximum Gasteiger partial charge on any atom is 0.217 e. The number of carbonyl (C=O) groups is 1. The average molecular weight is 205 g/mol. The molecule has 0 aliphatic heterocycles. The summed E-state index contributed by atoms with van der Waals surface area (Å²) in [5.74, 6) is 0.864. The third kappa shape index (κ3) is 2.32. The maximum absolute atomic E-state index is 10.9. The maximum atomic E-state index is 10.9. The Balaban J connectivity index is 2.13. The number of nitrogens with zero attached hydrogens (tertiary/aromatic N) is 2. The van der Waals surface area contributed by atoms with Crippen molar-refractivity contribution in [1.82, 2.24) is 15.3 Å². The van der Waals surface area contributed by atoms with Crippen molar-refractivity contribution in [2.24, 2.45) is 0 Å². The normalized spacial score (nSPS) is 19.5. The molecule has 4 heteroatoms. The largest absolute Gasteiger partial charge is 0.353 e. The number of hydrogen-bond acceptors (Lipinski definition) is 3. The molecule has 0 spiro atoms. The molecule has 80 valence electrons. The van der Waals surface area contributed by atoms with Gasteiger partial charge in [0.15, 0.2) is 0 Å². The van der Waals surface area contributed by atoms with Gasteiger partial charge in [-0.3, -0.25) is 4.79 Å². The number of aryl methyl sites for hydroxylation is 2. The van der Waals surface area contributed by atoms with E-state index in [4.69, 9.17) is 0 Å². The lowest BCUT2D eigenvalue weighted by molar-refractivity contribution is -0.119. The number of nitrogens with one attached hydrogen (secondary N) is 1. The van der Waals surface area contributed by atoms with Crippen LogP contribution >= 0.6 is 0 Å². The molecule has 1 aromatic rings. The summed E-state index contributed by atoms with van der Waals surface area (Å²) in [7, 11) is 0. The van der Waals surface area contributed by atoms with E-state index in [2.05, 4.69) is 15.3 Å². The Bertz CT molecular complexity index is 389. The predicted molar refractivity (Wildman–Crippen MR) is 56.4 cm³/mol. The van der Waals surface area contributed by atoms with Crippen LogP contribution < -0.4 is 5.32 Å². The molecule has 1 aliphatic carbocycles. The van der Waals surface area contributed by atoms with Crippen molar-refractivity contribution in [1.29, 1.82) is 0 Å². The van der Waals surface area contributed by atoms with Gasteiger partial charge in [-0.1, -0.05) is 0 Å². The van der Waals surface area contributed by atoms with Crippen molar-refractivity contribution in [3.05, 3.63) is 23.3 Å². The first-order valence-electron chi connectivity index (χ1n) is 5.23. The van der Waals surface area contributed by atoms with E-state index < -0.39 is 0 Å². The van der Waals surface area contributed by atoms with E-state index in [1.54, 1.807) is 6.92 Å². The first kappa shape index (κ1) is 10.1. The summed E-state index contributed by atoms with van der Waals surface area (Å²) in [6.45, 7) is 3.46. The Labute approximate surface area is 89.1 Å². The third-order valence-electron chi connectivity index (χ3n) is 2.68. The minimum Gasteiger partial charge on any atom is -0.353 e. The zero-order valence-electron chi connectivity index (χ0n) is 9.08. The highest BCUT2D eigenvalue weighted by Crippen LogP contribution is 2.18. The summed E-state index contributed by atoms with van der Waals surface area (Å²) in [6.07, 6.45) is 4.65. The van der Waals surface area contributed by atoms with Gasteiger partial charge in [0.25, 0.3) is 0 Å². The van der Waals surface area contributed by atoms with E-state index in [1.165, 1.54) is 5.56 Å². The van der Waals surface area contributed by atoms with Crippen molar-refractivity contribution in [2.45, 2.75) is 39.2 Å². The standard InChI is InChI=1S/C11H15N3O/c1-7-12-6-9-5-10(14-8(2)15)3-4-11(9)13-7/h6,10H,3-5H2,1-2H3,(H,14,15)/t10-/m1/s1. The van der Waals surface area contributed by atoms with E-state index in [-0.39, 0.29) is 11.9 Å². The molecule has 0 saturated carbocycles. The van der Waals surface area contributed by atoms with Crippen LogP contribution in [0.4, 0.5) is 0 Å². The molecule has 1 N–H and O–H groups in total. The number of amides is 1. The van der Waals surface area contributed by atoms with Gasteiger partial charge in [-0.05, 0) is 31.7 Å². The molecule has 1 atom stereocenters. The average Bonchev–Trinajstić information content (AvgIpc) is 2.17. The molecular weight excluding hydrogens is 190 g/mol. The Hall–Kier alpha value is -1.45. The van der Waals surface area contributed by atoms with Gasteiger partial charge in [-0.25, -0.2) is 9.97 Å². The molecule has 0 fully saturated rings. The van der Waals surface area contributed by atoms with Crippen LogP contribution in [0.25, 0.3) is 0 Å². The quantitative estimate of drug-likeness (QED) is 0.737. The van der Waals surface area contributed by atoms with Crippen LogP contribution in [-0.2, 0) is 17.6 Å². The SMILES string of the molecule is CC(=O)N[C@@H]1CCc2nc(C)ncc2C1. The van der Waals surface area contributed by atoms with Gasteiger partial charge in [0.2, 0.25) is 5.91 Å². The fourth-order valence-corrected chi connectivity index (χ4v) is 2.02. The second-order valence-corrected chi connectivity index (χ2v) is 4.03. The number of rotatable bonds is 1. The van der Waals surface area contributed by atoms with Gasteiger partial charge in [-0.2, -0.15) is 0 Å². The fourth-order valence-electron chi connectivity index (χ4n) is 2.02. The second kappa shape index (κ2) is 3.96. The molecule has 1 aliphatic rings. The molecule has 1 heterocycles. The number of hydrogen-bond donors (Lipinski definition) is 1. The molecule has 15 heavy (non-hydrogen) atoms. The second-order valence-electron chi connectivity index (χ2n) is 4.03. The van der Waals surface area contributed by atoms with Crippen LogP contribution in [0.5, 0.6) is 0 Å². The minimum atomic E-state index is 0.0384. The zero-order valence-corrected chi connectivity index (χ0v) is 9.08. The molecule has 0 radical (unpaired) electrons.